The van der Waals surface area contributed by atoms with E-state index in [1.807, 2.05) is 25.3 Å². The molecule has 6 heteroatoms. The zero-order chi connectivity index (χ0) is 19.3. The van der Waals surface area contributed by atoms with Crippen LogP contribution in [0.3, 0.4) is 0 Å². The molecule has 0 spiro atoms. The number of ether oxygens (including phenoxy) is 1. The predicted octanol–water partition coefficient (Wildman–Crippen LogP) is 2.52. The van der Waals surface area contributed by atoms with Gasteiger partial charge in [0.2, 0.25) is 0 Å². The molecule has 3 aromatic rings. The Bertz CT molecular complexity index is 901. The first-order chi connectivity index (χ1) is 13.7. The molecule has 0 radical (unpaired) electrons. The number of quaternary nitrogens is 1. The highest BCUT2D eigenvalue weighted by atomic mass is 19.1. The number of hydrogen-bond donors (Lipinski definition) is 2. The molecule has 1 fully saturated rings. The summed E-state index contributed by atoms with van der Waals surface area (Å²) in [4.78, 5) is 3.93. The molecule has 2 heterocycles. The van der Waals surface area contributed by atoms with Gasteiger partial charge in [0.15, 0.2) is 0 Å². The van der Waals surface area contributed by atoms with Crippen molar-refractivity contribution in [2.75, 3.05) is 37.7 Å². The van der Waals surface area contributed by atoms with Crippen LogP contribution in [0.4, 0.5) is 10.1 Å². The van der Waals surface area contributed by atoms with Gasteiger partial charge >= 0.3 is 0 Å². The number of aromatic amines is 1. The number of para-hydroxylation sites is 2. The fourth-order valence-corrected chi connectivity index (χ4v) is 3.82. The Balaban J connectivity index is 1.41. The molecule has 2 N–H and O–H groups in total. The number of nitrogens with one attached hydrogen (secondary N) is 2. The van der Waals surface area contributed by atoms with Gasteiger partial charge in [0, 0.05) is 5.56 Å². The second kappa shape index (κ2) is 8.44. The van der Waals surface area contributed by atoms with Gasteiger partial charge in [0.1, 0.15) is 18.1 Å². The van der Waals surface area contributed by atoms with Gasteiger partial charge in [-0.15, -0.1) is 0 Å². The first-order valence-electron chi connectivity index (χ1n) is 9.83. The largest absolute Gasteiger partial charge is 0.492 e. The fourth-order valence-electron chi connectivity index (χ4n) is 3.82. The van der Waals surface area contributed by atoms with Gasteiger partial charge in [-0.1, -0.05) is 12.1 Å². The van der Waals surface area contributed by atoms with Crippen molar-refractivity contribution in [2.45, 2.75) is 13.5 Å². The molecule has 2 aromatic carbocycles. The van der Waals surface area contributed by atoms with E-state index in [-0.39, 0.29) is 5.82 Å². The summed E-state index contributed by atoms with van der Waals surface area (Å²) in [7, 11) is 0. The van der Waals surface area contributed by atoms with Gasteiger partial charge < -0.3 is 14.5 Å². The third kappa shape index (κ3) is 4.02. The zero-order valence-corrected chi connectivity index (χ0v) is 16.1. The fraction of sp³-hybridized carbons (Fsp3) is 0.318. The molecule has 0 amide bonds. The second-order valence-corrected chi connectivity index (χ2v) is 7.09. The summed E-state index contributed by atoms with van der Waals surface area (Å²) in [6.45, 7) is 7.68. The lowest BCUT2D eigenvalue weighted by Gasteiger charge is -2.34. The highest BCUT2D eigenvalue weighted by molar-refractivity contribution is 5.62. The van der Waals surface area contributed by atoms with Crippen LogP contribution in [-0.2, 0) is 6.54 Å². The van der Waals surface area contributed by atoms with Crippen LogP contribution in [0.1, 0.15) is 12.5 Å². The molecule has 1 aromatic heterocycles. The number of anilines is 1. The van der Waals surface area contributed by atoms with Crippen LogP contribution >= 0.6 is 0 Å². The highest BCUT2D eigenvalue weighted by Gasteiger charge is 2.23. The lowest BCUT2D eigenvalue weighted by Crippen LogP contribution is -3.13. The van der Waals surface area contributed by atoms with E-state index in [1.165, 1.54) is 28.3 Å². The van der Waals surface area contributed by atoms with E-state index in [0.717, 1.165) is 49.7 Å². The van der Waals surface area contributed by atoms with Crippen LogP contribution in [0.5, 0.6) is 5.75 Å². The van der Waals surface area contributed by atoms with Crippen molar-refractivity contribution in [3.05, 3.63) is 66.1 Å². The molecular formula is C22H26FN4O+. The second-order valence-electron chi connectivity index (χ2n) is 7.09. The Kier molecular flexibility index (Phi) is 5.58. The van der Waals surface area contributed by atoms with Crippen molar-refractivity contribution in [2.24, 2.45) is 0 Å². The smallest absolute Gasteiger partial charge is 0.142 e. The van der Waals surface area contributed by atoms with Crippen molar-refractivity contribution in [1.82, 2.24) is 10.2 Å². The molecule has 5 nitrogen and oxygen atoms in total. The normalized spacial score (nSPS) is 15.0. The van der Waals surface area contributed by atoms with Crippen molar-refractivity contribution in [3.8, 4) is 17.0 Å². The number of nitrogens with zero attached hydrogens (tertiary/aromatic N) is 2. The van der Waals surface area contributed by atoms with Crippen molar-refractivity contribution < 1.29 is 14.0 Å². The molecule has 0 unspecified atom stereocenters. The van der Waals surface area contributed by atoms with Gasteiger partial charge in [0.25, 0.3) is 0 Å². The minimum absolute atomic E-state index is 0.223. The number of aromatic nitrogens is 2. The van der Waals surface area contributed by atoms with E-state index in [9.17, 15) is 4.39 Å². The van der Waals surface area contributed by atoms with Crippen molar-refractivity contribution >= 4 is 5.69 Å². The summed E-state index contributed by atoms with van der Waals surface area (Å²) in [5.41, 5.74) is 4.30. The van der Waals surface area contributed by atoms with Crippen molar-refractivity contribution in [3.63, 3.8) is 0 Å². The molecule has 0 saturated carbocycles. The SMILES string of the molecule is CCOc1ccccc1N1CC[NH+](Cc2cn[nH]c2-c2ccc(F)cc2)CC1. The Morgan fingerprint density at radius 3 is 2.61 bits per heavy atom. The van der Waals surface area contributed by atoms with Crippen LogP contribution in [0.25, 0.3) is 11.3 Å². The average molecular weight is 381 g/mol. The monoisotopic (exact) mass is 381 g/mol. The standard InChI is InChI=1S/C22H25FN4O/c1-2-28-21-6-4-3-5-20(21)27-13-11-26(12-14-27)16-18-15-24-25-22(18)17-7-9-19(23)10-8-17/h3-10,15H,2,11-14,16H2,1H3,(H,24,25)/p+1. The Morgan fingerprint density at radius 2 is 1.86 bits per heavy atom. The molecule has 1 aliphatic heterocycles. The maximum Gasteiger partial charge on any atom is 0.142 e. The molecule has 0 aliphatic carbocycles. The van der Waals surface area contributed by atoms with E-state index in [0.29, 0.717) is 6.61 Å². The number of halogens is 1. The first-order valence-corrected chi connectivity index (χ1v) is 9.83. The number of piperazine rings is 1. The number of hydrogen-bond acceptors (Lipinski definition) is 3. The van der Waals surface area contributed by atoms with Gasteiger partial charge in [-0.05, 0) is 43.3 Å². The molecule has 1 aliphatic rings. The first kappa shape index (κ1) is 18.5. The Hall–Kier alpha value is -2.86. The van der Waals surface area contributed by atoms with Crippen LogP contribution < -0.4 is 14.5 Å². The van der Waals surface area contributed by atoms with E-state index < -0.39 is 0 Å². The molecule has 28 heavy (non-hydrogen) atoms. The summed E-state index contributed by atoms with van der Waals surface area (Å²) >= 11 is 0. The summed E-state index contributed by atoms with van der Waals surface area (Å²) in [6.07, 6.45) is 1.89. The molecule has 146 valence electrons. The van der Waals surface area contributed by atoms with Crippen LogP contribution in [-0.4, -0.2) is 43.0 Å². The Labute approximate surface area is 164 Å². The predicted molar refractivity (Wildman–Crippen MR) is 108 cm³/mol. The molecule has 1 saturated heterocycles. The maximum absolute atomic E-state index is 13.2. The highest BCUT2D eigenvalue weighted by Crippen LogP contribution is 2.28. The van der Waals surface area contributed by atoms with Crippen LogP contribution in [0, 0.1) is 5.82 Å². The van der Waals surface area contributed by atoms with Gasteiger partial charge in [0.05, 0.1) is 55.9 Å². The van der Waals surface area contributed by atoms with E-state index in [1.54, 1.807) is 12.1 Å². The van der Waals surface area contributed by atoms with Crippen LogP contribution in [0.15, 0.2) is 54.7 Å². The van der Waals surface area contributed by atoms with E-state index in [2.05, 4.69) is 27.2 Å². The maximum atomic E-state index is 13.2. The van der Waals surface area contributed by atoms with Crippen molar-refractivity contribution in [1.29, 1.82) is 0 Å². The zero-order valence-electron chi connectivity index (χ0n) is 16.1. The molecule has 0 atom stereocenters. The van der Waals surface area contributed by atoms with Gasteiger partial charge in [-0.3, -0.25) is 5.10 Å². The third-order valence-electron chi connectivity index (χ3n) is 5.27. The number of H-pyrrole nitrogens is 1. The number of rotatable bonds is 6. The lowest BCUT2D eigenvalue weighted by molar-refractivity contribution is -0.914. The number of benzene rings is 2. The average Bonchev–Trinajstić information content (AvgIpc) is 3.18. The Morgan fingerprint density at radius 1 is 1.11 bits per heavy atom. The summed E-state index contributed by atoms with van der Waals surface area (Å²) in [6, 6.07) is 14.8. The minimum Gasteiger partial charge on any atom is -0.492 e. The van der Waals surface area contributed by atoms with Crippen LogP contribution in [0.2, 0.25) is 0 Å². The minimum atomic E-state index is -0.223. The van der Waals surface area contributed by atoms with Gasteiger partial charge in [-0.2, -0.15) is 5.10 Å². The van der Waals surface area contributed by atoms with E-state index >= 15 is 0 Å². The lowest BCUT2D eigenvalue weighted by atomic mass is 10.1. The summed E-state index contributed by atoms with van der Waals surface area (Å²) in [5, 5.41) is 7.30. The van der Waals surface area contributed by atoms with E-state index in [4.69, 9.17) is 4.74 Å². The van der Waals surface area contributed by atoms with Gasteiger partial charge in [-0.25, -0.2) is 4.39 Å². The molecular weight excluding hydrogens is 355 g/mol. The third-order valence-corrected chi connectivity index (χ3v) is 5.27. The topological polar surface area (TPSA) is 45.6 Å². The summed E-state index contributed by atoms with van der Waals surface area (Å²) in [5.74, 6) is 0.737. The quantitative estimate of drug-likeness (QED) is 0.690. The summed E-state index contributed by atoms with van der Waals surface area (Å²) < 4.78 is 19.0. The molecule has 0 bridgehead atoms. The molecule has 4 rings (SSSR count).